The second-order valence-corrected chi connectivity index (χ2v) is 6.59. The maximum absolute atomic E-state index is 12.7. The molecule has 0 spiro atoms. The lowest BCUT2D eigenvalue weighted by molar-refractivity contribution is -0.117. The summed E-state index contributed by atoms with van der Waals surface area (Å²) in [6.45, 7) is 0.424. The first-order chi connectivity index (χ1) is 14.1. The smallest absolute Gasteiger partial charge is 0.257 e. The number of methoxy groups -OCH3 is 2. The van der Waals surface area contributed by atoms with Crippen LogP contribution in [0.4, 0.5) is 5.69 Å². The van der Waals surface area contributed by atoms with Crippen molar-refractivity contribution in [3.8, 4) is 29.0 Å². The van der Waals surface area contributed by atoms with Crippen LogP contribution in [0.2, 0.25) is 0 Å². The van der Waals surface area contributed by atoms with Crippen molar-refractivity contribution >= 4 is 11.6 Å². The quantitative estimate of drug-likeness (QED) is 0.659. The van der Waals surface area contributed by atoms with Crippen molar-refractivity contribution in [3.63, 3.8) is 0 Å². The van der Waals surface area contributed by atoms with Gasteiger partial charge in [0.25, 0.3) is 5.89 Å². The minimum atomic E-state index is -0.190. The van der Waals surface area contributed by atoms with Gasteiger partial charge in [0.2, 0.25) is 5.91 Å². The molecule has 0 aliphatic carbocycles. The summed E-state index contributed by atoms with van der Waals surface area (Å²) in [6, 6.07) is 14.3. The Hall–Kier alpha value is -3.86. The van der Waals surface area contributed by atoms with Crippen molar-refractivity contribution < 1.29 is 18.8 Å². The van der Waals surface area contributed by atoms with E-state index < -0.39 is 0 Å². The number of benzene rings is 2. The molecule has 1 fully saturated rings. The molecule has 1 aromatic heterocycles. The Labute approximate surface area is 167 Å². The van der Waals surface area contributed by atoms with Crippen molar-refractivity contribution in [2.75, 3.05) is 25.7 Å². The van der Waals surface area contributed by atoms with Gasteiger partial charge in [0, 0.05) is 30.5 Å². The highest BCUT2D eigenvalue weighted by Gasteiger charge is 2.36. The number of hydrogen-bond donors (Lipinski definition) is 0. The molecular weight excluding hydrogens is 372 g/mol. The second kappa shape index (κ2) is 7.64. The lowest BCUT2D eigenvalue weighted by atomic mass is 10.1. The van der Waals surface area contributed by atoms with Crippen LogP contribution in [0, 0.1) is 11.3 Å². The average Bonchev–Trinajstić information content (AvgIpc) is 3.40. The van der Waals surface area contributed by atoms with E-state index in [1.807, 2.05) is 0 Å². The Kier molecular flexibility index (Phi) is 4.87. The van der Waals surface area contributed by atoms with E-state index in [9.17, 15) is 4.79 Å². The molecule has 1 saturated heterocycles. The third kappa shape index (κ3) is 3.50. The number of aromatic nitrogens is 2. The molecule has 1 atom stereocenters. The molecule has 2 aromatic carbocycles. The van der Waals surface area contributed by atoms with E-state index >= 15 is 0 Å². The molecular formula is C21H18N4O4. The zero-order valence-electron chi connectivity index (χ0n) is 16.0. The van der Waals surface area contributed by atoms with Crippen molar-refractivity contribution in [2.24, 2.45) is 0 Å². The van der Waals surface area contributed by atoms with Gasteiger partial charge in [0.1, 0.15) is 11.5 Å². The first-order valence-electron chi connectivity index (χ1n) is 8.99. The van der Waals surface area contributed by atoms with Gasteiger partial charge in [0.05, 0.1) is 31.5 Å². The lowest BCUT2D eigenvalue weighted by Gasteiger charge is -2.19. The number of nitriles is 1. The minimum Gasteiger partial charge on any atom is -0.497 e. The van der Waals surface area contributed by atoms with E-state index in [0.29, 0.717) is 41.0 Å². The maximum atomic E-state index is 12.7. The topological polar surface area (TPSA) is 101 Å². The van der Waals surface area contributed by atoms with Crippen LogP contribution >= 0.6 is 0 Å². The molecule has 0 radical (unpaired) electrons. The van der Waals surface area contributed by atoms with Gasteiger partial charge in [-0.2, -0.15) is 10.2 Å². The van der Waals surface area contributed by atoms with Crippen LogP contribution < -0.4 is 14.4 Å². The summed E-state index contributed by atoms with van der Waals surface area (Å²) in [5.74, 6) is 1.82. The molecule has 29 heavy (non-hydrogen) atoms. The fourth-order valence-electron chi connectivity index (χ4n) is 3.33. The number of rotatable bonds is 5. The van der Waals surface area contributed by atoms with Crippen LogP contribution in [0.15, 0.2) is 47.0 Å². The van der Waals surface area contributed by atoms with E-state index in [0.717, 1.165) is 5.56 Å². The minimum absolute atomic E-state index is 0.0387. The fourth-order valence-corrected chi connectivity index (χ4v) is 3.33. The molecule has 8 heteroatoms. The van der Waals surface area contributed by atoms with Crippen LogP contribution in [0.3, 0.4) is 0 Å². The lowest BCUT2D eigenvalue weighted by Crippen LogP contribution is -2.24. The van der Waals surface area contributed by atoms with Gasteiger partial charge < -0.3 is 18.9 Å². The summed E-state index contributed by atoms with van der Waals surface area (Å²) in [4.78, 5) is 18.8. The summed E-state index contributed by atoms with van der Waals surface area (Å²) >= 11 is 0. The van der Waals surface area contributed by atoms with Gasteiger partial charge in [-0.15, -0.1) is 0 Å². The third-order valence-corrected chi connectivity index (χ3v) is 4.87. The number of hydrogen-bond acceptors (Lipinski definition) is 7. The van der Waals surface area contributed by atoms with Crippen LogP contribution in [-0.2, 0) is 4.79 Å². The highest BCUT2D eigenvalue weighted by atomic mass is 16.5. The predicted molar refractivity (Wildman–Crippen MR) is 104 cm³/mol. The summed E-state index contributed by atoms with van der Waals surface area (Å²) in [6.07, 6.45) is 0.279. The molecule has 1 amide bonds. The number of anilines is 1. The van der Waals surface area contributed by atoms with Gasteiger partial charge in [0.15, 0.2) is 5.82 Å². The van der Waals surface area contributed by atoms with E-state index in [4.69, 9.17) is 19.3 Å². The Morgan fingerprint density at radius 3 is 2.66 bits per heavy atom. The summed E-state index contributed by atoms with van der Waals surface area (Å²) in [5.41, 5.74) is 1.95. The van der Waals surface area contributed by atoms with Crippen molar-refractivity contribution in [1.29, 1.82) is 5.26 Å². The number of carbonyl (C=O) groups is 1. The molecule has 2 heterocycles. The first kappa shape index (κ1) is 18.5. The average molecular weight is 390 g/mol. The highest BCUT2D eigenvalue weighted by Crippen LogP contribution is 2.38. The standard InChI is InChI=1S/C21H18N4O4/c1-27-16-7-8-17(18(10-16)28-2)25-12-15(9-19(25)26)20-23-21(29-24-20)14-5-3-13(11-22)4-6-14/h3-8,10,15H,9,12H2,1-2H3. The van der Waals surface area contributed by atoms with Crippen LogP contribution in [0.1, 0.15) is 23.7 Å². The Morgan fingerprint density at radius 2 is 1.97 bits per heavy atom. The molecule has 0 N–H and O–H groups in total. The molecule has 1 aliphatic heterocycles. The second-order valence-electron chi connectivity index (χ2n) is 6.59. The van der Waals surface area contributed by atoms with Crippen molar-refractivity contribution in [2.45, 2.75) is 12.3 Å². The summed E-state index contributed by atoms with van der Waals surface area (Å²) in [5, 5.41) is 13.0. The van der Waals surface area contributed by atoms with Gasteiger partial charge in [-0.1, -0.05) is 5.16 Å². The van der Waals surface area contributed by atoms with E-state index in [1.165, 1.54) is 0 Å². The zero-order chi connectivity index (χ0) is 20.4. The molecule has 0 bridgehead atoms. The Morgan fingerprint density at radius 1 is 1.17 bits per heavy atom. The fraction of sp³-hybridized carbons (Fsp3) is 0.238. The normalized spacial score (nSPS) is 16.0. The molecule has 8 nitrogen and oxygen atoms in total. The van der Waals surface area contributed by atoms with Crippen molar-refractivity contribution in [3.05, 3.63) is 53.9 Å². The summed E-state index contributed by atoms with van der Waals surface area (Å²) < 4.78 is 16.0. The van der Waals surface area contributed by atoms with Crippen molar-refractivity contribution in [1.82, 2.24) is 10.1 Å². The molecule has 0 saturated carbocycles. The Balaban J connectivity index is 1.56. The molecule has 1 aliphatic rings. The van der Waals surface area contributed by atoms with E-state index in [1.54, 1.807) is 61.6 Å². The number of nitrogens with zero attached hydrogens (tertiary/aromatic N) is 4. The maximum Gasteiger partial charge on any atom is 0.257 e. The largest absolute Gasteiger partial charge is 0.497 e. The van der Waals surface area contributed by atoms with Gasteiger partial charge in [-0.05, 0) is 36.4 Å². The zero-order valence-corrected chi connectivity index (χ0v) is 16.0. The van der Waals surface area contributed by atoms with Gasteiger partial charge in [-0.25, -0.2) is 0 Å². The molecule has 3 aromatic rings. The third-order valence-electron chi connectivity index (χ3n) is 4.87. The van der Waals surface area contributed by atoms with Gasteiger partial charge >= 0.3 is 0 Å². The van der Waals surface area contributed by atoms with E-state index in [2.05, 4.69) is 16.2 Å². The number of carbonyl (C=O) groups excluding carboxylic acids is 1. The van der Waals surface area contributed by atoms with Crippen LogP contribution in [0.5, 0.6) is 11.5 Å². The highest BCUT2D eigenvalue weighted by molar-refractivity contribution is 5.97. The first-order valence-corrected chi connectivity index (χ1v) is 8.99. The molecule has 4 rings (SSSR count). The Bertz CT molecular complexity index is 1080. The monoisotopic (exact) mass is 390 g/mol. The summed E-state index contributed by atoms with van der Waals surface area (Å²) in [7, 11) is 3.13. The van der Waals surface area contributed by atoms with Crippen LogP contribution in [0.25, 0.3) is 11.5 Å². The molecule has 1 unspecified atom stereocenters. The number of amides is 1. The SMILES string of the molecule is COc1ccc(N2CC(c3noc(-c4ccc(C#N)cc4)n3)CC2=O)c(OC)c1. The van der Waals surface area contributed by atoms with E-state index in [-0.39, 0.29) is 18.2 Å². The molecule has 146 valence electrons. The van der Waals surface area contributed by atoms with Crippen LogP contribution in [-0.4, -0.2) is 36.8 Å². The predicted octanol–water partition coefficient (Wildman–Crippen LogP) is 3.15. The number of ether oxygens (including phenoxy) is 2. The van der Waals surface area contributed by atoms with Gasteiger partial charge in [-0.3, -0.25) is 4.79 Å².